The molecule has 0 unspecified atom stereocenters. The molecule has 1 aliphatic rings. The van der Waals surface area contributed by atoms with Crippen molar-refractivity contribution >= 4 is 5.91 Å². The second-order valence-corrected chi connectivity index (χ2v) is 9.14. The lowest BCUT2D eigenvalue weighted by molar-refractivity contribution is -0.130. The van der Waals surface area contributed by atoms with Crippen LogP contribution in [0.3, 0.4) is 0 Å². The minimum absolute atomic E-state index is 0.379. The van der Waals surface area contributed by atoms with E-state index in [2.05, 4.69) is 71.6 Å². The van der Waals surface area contributed by atoms with Gasteiger partial charge in [-0.1, -0.05) is 72.8 Å². The van der Waals surface area contributed by atoms with Crippen LogP contribution in [0.15, 0.2) is 78.9 Å². The van der Waals surface area contributed by atoms with Gasteiger partial charge in [-0.3, -0.25) is 9.69 Å². The number of carbonyl (C=O) groups excluding carboxylic acids is 1. The Bertz CT molecular complexity index is 1010. The smallest absolute Gasteiger partial charge is 0.261 e. The van der Waals surface area contributed by atoms with Crippen LogP contribution in [-0.2, 0) is 30.7 Å². The Morgan fingerprint density at radius 2 is 1.53 bits per heavy atom. The van der Waals surface area contributed by atoms with Crippen molar-refractivity contribution in [3.8, 4) is 5.75 Å². The van der Waals surface area contributed by atoms with E-state index >= 15 is 0 Å². The van der Waals surface area contributed by atoms with E-state index in [0.717, 1.165) is 38.1 Å². The first-order valence-corrected chi connectivity index (χ1v) is 11.3. The van der Waals surface area contributed by atoms with Crippen LogP contribution in [-0.4, -0.2) is 22.4 Å². The molecule has 0 bridgehead atoms. The normalized spacial score (nSPS) is 15.9. The molecule has 4 heteroatoms. The molecule has 1 aliphatic carbocycles. The Labute approximate surface area is 191 Å². The Balaban J connectivity index is 1.61. The molecule has 3 aromatic rings. The molecule has 1 amide bonds. The summed E-state index contributed by atoms with van der Waals surface area (Å²) in [4.78, 5) is 14.4. The highest BCUT2D eigenvalue weighted by atomic mass is 16.5. The van der Waals surface area contributed by atoms with Gasteiger partial charge in [0.2, 0.25) is 0 Å². The second kappa shape index (κ2) is 9.58. The summed E-state index contributed by atoms with van der Waals surface area (Å²) in [6, 6.07) is 27.8. The van der Waals surface area contributed by atoms with Crippen LogP contribution in [0, 0.1) is 0 Å². The molecule has 0 aliphatic heterocycles. The maximum atomic E-state index is 11.9. The number of carbonyl (C=O) groups is 1. The summed E-state index contributed by atoms with van der Waals surface area (Å²) in [5, 5.41) is 0. The van der Waals surface area contributed by atoms with Gasteiger partial charge in [-0.25, -0.2) is 0 Å². The largest absolute Gasteiger partial charge is 0.478 e. The lowest BCUT2D eigenvalue weighted by Crippen LogP contribution is -2.44. The molecule has 2 N–H and O–H groups in total. The summed E-state index contributed by atoms with van der Waals surface area (Å²) in [5.41, 5.74) is 9.65. The Hall–Kier alpha value is -3.11. The Morgan fingerprint density at radius 1 is 0.938 bits per heavy atom. The van der Waals surface area contributed by atoms with E-state index in [9.17, 15) is 4.79 Å². The van der Waals surface area contributed by atoms with Gasteiger partial charge in [0.25, 0.3) is 5.91 Å². The number of amides is 1. The van der Waals surface area contributed by atoms with E-state index in [4.69, 9.17) is 10.5 Å². The average molecular weight is 429 g/mol. The maximum Gasteiger partial charge on any atom is 0.261 e. The molecule has 0 spiro atoms. The van der Waals surface area contributed by atoms with E-state index in [1.54, 1.807) is 13.8 Å². The van der Waals surface area contributed by atoms with Crippen LogP contribution in [0.2, 0.25) is 0 Å². The molecule has 0 radical (unpaired) electrons. The van der Waals surface area contributed by atoms with Crippen LogP contribution < -0.4 is 10.5 Å². The van der Waals surface area contributed by atoms with Crippen LogP contribution in [0.1, 0.15) is 42.5 Å². The first kappa shape index (κ1) is 22.1. The van der Waals surface area contributed by atoms with Crippen LogP contribution in [0.5, 0.6) is 5.75 Å². The van der Waals surface area contributed by atoms with Gasteiger partial charge < -0.3 is 10.5 Å². The van der Waals surface area contributed by atoms with E-state index in [1.165, 1.54) is 22.3 Å². The van der Waals surface area contributed by atoms with Crippen molar-refractivity contribution in [3.05, 3.63) is 101 Å². The Morgan fingerprint density at radius 3 is 2.09 bits per heavy atom. The molecule has 0 aromatic heterocycles. The number of benzene rings is 3. The SMILES string of the molecule is CC(C)(Oc1cccc2c1C[C@@H](N(Cc1ccccc1)Cc1ccccc1)CC2)C(N)=O. The lowest BCUT2D eigenvalue weighted by Gasteiger charge is -2.36. The number of ether oxygens (including phenoxy) is 1. The number of rotatable bonds is 8. The summed E-state index contributed by atoms with van der Waals surface area (Å²) < 4.78 is 6.13. The van der Waals surface area contributed by atoms with E-state index in [1.807, 2.05) is 12.1 Å². The highest BCUT2D eigenvalue weighted by Crippen LogP contribution is 2.34. The highest BCUT2D eigenvalue weighted by molar-refractivity contribution is 5.83. The molecule has 4 nitrogen and oxygen atoms in total. The average Bonchev–Trinajstić information content (AvgIpc) is 2.80. The summed E-state index contributed by atoms with van der Waals surface area (Å²) >= 11 is 0. The standard InChI is InChI=1S/C28H32N2O2/c1-28(2,27(29)31)32-26-15-9-14-23-16-17-24(18-25(23)26)30(19-21-10-5-3-6-11-21)20-22-12-7-4-8-13-22/h3-15,24H,16-20H2,1-2H3,(H2,29,31)/t24-/m0/s1. The fraction of sp³-hybridized carbons (Fsp3) is 0.321. The molecule has 166 valence electrons. The van der Waals surface area contributed by atoms with Crippen molar-refractivity contribution in [3.63, 3.8) is 0 Å². The zero-order valence-electron chi connectivity index (χ0n) is 19.0. The first-order valence-electron chi connectivity index (χ1n) is 11.3. The molecule has 0 saturated heterocycles. The number of fused-ring (bicyclic) bond motifs is 1. The van der Waals surface area contributed by atoms with Gasteiger partial charge in [0.05, 0.1) is 0 Å². The van der Waals surface area contributed by atoms with Crippen molar-refractivity contribution in [1.29, 1.82) is 0 Å². The third kappa shape index (κ3) is 5.20. The van der Waals surface area contributed by atoms with Crippen LogP contribution in [0.4, 0.5) is 0 Å². The predicted molar refractivity (Wildman–Crippen MR) is 128 cm³/mol. The molecule has 0 fully saturated rings. The molecule has 1 atom stereocenters. The second-order valence-electron chi connectivity index (χ2n) is 9.14. The minimum Gasteiger partial charge on any atom is -0.478 e. The lowest BCUT2D eigenvalue weighted by atomic mass is 9.86. The molecule has 32 heavy (non-hydrogen) atoms. The zero-order valence-corrected chi connectivity index (χ0v) is 19.0. The molecule has 0 heterocycles. The van der Waals surface area contributed by atoms with Gasteiger partial charge in [-0.05, 0) is 61.4 Å². The Kier molecular flexibility index (Phi) is 6.61. The minimum atomic E-state index is -1.05. The first-order chi connectivity index (χ1) is 15.4. The van der Waals surface area contributed by atoms with Crippen LogP contribution >= 0.6 is 0 Å². The van der Waals surface area contributed by atoms with Gasteiger partial charge >= 0.3 is 0 Å². The third-order valence-electron chi connectivity index (χ3n) is 6.35. The number of nitrogens with zero attached hydrogens (tertiary/aromatic N) is 1. The molecular formula is C28H32N2O2. The monoisotopic (exact) mass is 428 g/mol. The van der Waals surface area contributed by atoms with Gasteiger partial charge in [0.15, 0.2) is 5.60 Å². The summed E-state index contributed by atoms with van der Waals surface area (Å²) in [7, 11) is 0. The number of hydrogen-bond donors (Lipinski definition) is 1. The van der Waals surface area contributed by atoms with Gasteiger partial charge in [0, 0.05) is 19.1 Å². The van der Waals surface area contributed by atoms with Crippen molar-refractivity contribution < 1.29 is 9.53 Å². The summed E-state index contributed by atoms with van der Waals surface area (Å²) in [6.07, 6.45) is 2.98. The summed E-state index contributed by atoms with van der Waals surface area (Å²) in [6.45, 7) is 5.25. The fourth-order valence-corrected chi connectivity index (χ4v) is 4.42. The predicted octanol–water partition coefficient (Wildman–Crippen LogP) is 4.89. The quantitative estimate of drug-likeness (QED) is 0.556. The summed E-state index contributed by atoms with van der Waals surface area (Å²) in [5.74, 6) is 0.313. The highest BCUT2D eigenvalue weighted by Gasteiger charge is 2.31. The van der Waals surface area contributed by atoms with Gasteiger partial charge in [-0.15, -0.1) is 0 Å². The number of nitrogens with two attached hydrogens (primary N) is 1. The van der Waals surface area contributed by atoms with Crippen molar-refractivity contribution in [2.75, 3.05) is 0 Å². The number of primary amides is 1. The maximum absolute atomic E-state index is 11.9. The van der Waals surface area contributed by atoms with E-state index in [0.29, 0.717) is 6.04 Å². The van der Waals surface area contributed by atoms with E-state index < -0.39 is 11.5 Å². The number of hydrogen-bond acceptors (Lipinski definition) is 3. The fourth-order valence-electron chi connectivity index (χ4n) is 4.42. The zero-order chi connectivity index (χ0) is 22.6. The third-order valence-corrected chi connectivity index (χ3v) is 6.35. The molecular weight excluding hydrogens is 396 g/mol. The molecule has 0 saturated carbocycles. The van der Waals surface area contributed by atoms with Crippen molar-refractivity contribution in [2.24, 2.45) is 5.73 Å². The molecule has 4 rings (SSSR count). The number of aryl methyl sites for hydroxylation is 1. The van der Waals surface area contributed by atoms with Crippen LogP contribution in [0.25, 0.3) is 0 Å². The van der Waals surface area contributed by atoms with Gasteiger partial charge in [-0.2, -0.15) is 0 Å². The van der Waals surface area contributed by atoms with Gasteiger partial charge in [0.1, 0.15) is 5.75 Å². The van der Waals surface area contributed by atoms with Crippen molar-refractivity contribution in [1.82, 2.24) is 4.90 Å². The van der Waals surface area contributed by atoms with Crippen molar-refractivity contribution in [2.45, 2.75) is 57.8 Å². The van der Waals surface area contributed by atoms with E-state index in [-0.39, 0.29) is 0 Å². The molecule has 3 aromatic carbocycles. The topological polar surface area (TPSA) is 55.6 Å².